The standard InChI is InChI=1S/C21H27ClN4O2/c1-16-19(20(22)26(23-16)14-17-6-3-2-4-7-17)21(27)25-11-9-24(10-12-25)15-18-8-5-13-28-18/h2-4,6-7,18H,5,8-15H2,1H3. The fourth-order valence-corrected chi connectivity index (χ4v) is 4.34. The van der Waals surface area contributed by atoms with Gasteiger partial charge in [-0.15, -0.1) is 0 Å². The van der Waals surface area contributed by atoms with Crippen LogP contribution in [-0.2, 0) is 11.3 Å². The molecule has 3 heterocycles. The third kappa shape index (κ3) is 4.24. The second-order valence-corrected chi connectivity index (χ2v) is 7.98. The van der Waals surface area contributed by atoms with Gasteiger partial charge >= 0.3 is 0 Å². The van der Waals surface area contributed by atoms with Crippen LogP contribution in [-0.4, -0.2) is 70.9 Å². The first-order valence-electron chi connectivity index (χ1n) is 10.0. The number of rotatable bonds is 5. The number of piperazine rings is 1. The molecule has 2 aliphatic rings. The molecule has 2 aliphatic heterocycles. The largest absolute Gasteiger partial charge is 0.377 e. The molecule has 2 saturated heterocycles. The van der Waals surface area contributed by atoms with Crippen molar-refractivity contribution in [2.45, 2.75) is 32.4 Å². The monoisotopic (exact) mass is 402 g/mol. The zero-order valence-electron chi connectivity index (χ0n) is 16.3. The highest BCUT2D eigenvalue weighted by Crippen LogP contribution is 2.23. The van der Waals surface area contributed by atoms with E-state index >= 15 is 0 Å². The maximum absolute atomic E-state index is 13.1. The Bertz CT molecular complexity index is 809. The number of aryl methyl sites for hydroxylation is 1. The van der Waals surface area contributed by atoms with Gasteiger partial charge in [0.25, 0.3) is 5.91 Å². The van der Waals surface area contributed by atoms with Crippen LogP contribution in [0.25, 0.3) is 0 Å². The SMILES string of the molecule is Cc1nn(Cc2ccccc2)c(Cl)c1C(=O)N1CCN(CC2CCCO2)CC1. The highest BCUT2D eigenvalue weighted by atomic mass is 35.5. The van der Waals surface area contributed by atoms with Gasteiger partial charge in [-0.25, -0.2) is 4.68 Å². The molecule has 2 fully saturated rings. The van der Waals surface area contributed by atoms with E-state index in [0.717, 1.165) is 44.6 Å². The average Bonchev–Trinajstić information content (AvgIpc) is 3.31. The molecule has 1 aromatic carbocycles. The number of ether oxygens (including phenoxy) is 1. The number of benzene rings is 1. The van der Waals surface area contributed by atoms with E-state index in [2.05, 4.69) is 10.00 Å². The minimum absolute atomic E-state index is 0.0152. The van der Waals surface area contributed by atoms with Crippen molar-refractivity contribution in [3.63, 3.8) is 0 Å². The van der Waals surface area contributed by atoms with Crippen molar-refractivity contribution >= 4 is 17.5 Å². The molecule has 0 spiro atoms. The molecule has 0 radical (unpaired) electrons. The maximum Gasteiger partial charge on any atom is 0.258 e. The zero-order valence-corrected chi connectivity index (χ0v) is 17.1. The number of carbonyl (C=O) groups excluding carboxylic acids is 1. The summed E-state index contributed by atoms with van der Waals surface area (Å²) in [5, 5.41) is 4.94. The molecule has 0 aliphatic carbocycles. The van der Waals surface area contributed by atoms with Crippen molar-refractivity contribution < 1.29 is 9.53 Å². The molecule has 1 unspecified atom stereocenters. The number of aromatic nitrogens is 2. The molecule has 28 heavy (non-hydrogen) atoms. The predicted octanol–water partition coefficient (Wildman–Crippen LogP) is 2.83. The Morgan fingerprint density at radius 1 is 1.21 bits per heavy atom. The number of amides is 1. The molecule has 0 bridgehead atoms. The fourth-order valence-electron chi connectivity index (χ4n) is 4.03. The summed E-state index contributed by atoms with van der Waals surface area (Å²) < 4.78 is 7.45. The van der Waals surface area contributed by atoms with Crippen molar-refractivity contribution in [1.82, 2.24) is 19.6 Å². The quantitative estimate of drug-likeness (QED) is 0.771. The summed E-state index contributed by atoms with van der Waals surface area (Å²) in [7, 11) is 0. The van der Waals surface area contributed by atoms with Crippen molar-refractivity contribution in [1.29, 1.82) is 0 Å². The van der Waals surface area contributed by atoms with E-state index in [-0.39, 0.29) is 5.91 Å². The van der Waals surface area contributed by atoms with Crippen LogP contribution in [0.4, 0.5) is 0 Å². The van der Waals surface area contributed by atoms with Crippen LogP contribution in [0.1, 0.15) is 34.5 Å². The zero-order chi connectivity index (χ0) is 19.5. The van der Waals surface area contributed by atoms with Gasteiger partial charge in [0.05, 0.1) is 23.9 Å². The van der Waals surface area contributed by atoms with E-state index in [1.54, 1.807) is 4.68 Å². The molecular formula is C21H27ClN4O2. The van der Waals surface area contributed by atoms with Crippen molar-refractivity contribution in [3.05, 3.63) is 52.3 Å². The Morgan fingerprint density at radius 2 is 1.96 bits per heavy atom. The first-order valence-corrected chi connectivity index (χ1v) is 10.4. The van der Waals surface area contributed by atoms with E-state index < -0.39 is 0 Å². The summed E-state index contributed by atoms with van der Waals surface area (Å²) in [4.78, 5) is 17.4. The second-order valence-electron chi connectivity index (χ2n) is 7.62. The molecular weight excluding hydrogens is 376 g/mol. The number of hydrogen-bond donors (Lipinski definition) is 0. The van der Waals surface area contributed by atoms with Gasteiger partial charge in [0.15, 0.2) is 0 Å². The van der Waals surface area contributed by atoms with E-state index in [4.69, 9.17) is 16.3 Å². The molecule has 1 amide bonds. The first kappa shape index (κ1) is 19.4. The van der Waals surface area contributed by atoms with Crippen molar-refractivity contribution in [2.24, 2.45) is 0 Å². The van der Waals surface area contributed by atoms with Gasteiger partial charge in [-0.2, -0.15) is 5.10 Å². The molecule has 150 valence electrons. The summed E-state index contributed by atoms with van der Waals surface area (Å²) in [6.07, 6.45) is 2.66. The van der Waals surface area contributed by atoms with Gasteiger partial charge in [0, 0.05) is 39.3 Å². The fraction of sp³-hybridized carbons (Fsp3) is 0.524. The predicted molar refractivity (Wildman–Crippen MR) is 109 cm³/mol. The number of carbonyl (C=O) groups is 1. The lowest BCUT2D eigenvalue weighted by Gasteiger charge is -2.35. The van der Waals surface area contributed by atoms with E-state index in [1.165, 1.54) is 0 Å². The second kappa shape index (κ2) is 8.64. The smallest absolute Gasteiger partial charge is 0.258 e. The van der Waals surface area contributed by atoms with E-state index in [9.17, 15) is 4.79 Å². The van der Waals surface area contributed by atoms with Gasteiger partial charge in [0.2, 0.25) is 0 Å². The van der Waals surface area contributed by atoms with Crippen LogP contribution in [0.3, 0.4) is 0 Å². The van der Waals surface area contributed by atoms with Gasteiger partial charge in [-0.3, -0.25) is 9.69 Å². The molecule has 0 N–H and O–H groups in total. The van der Waals surface area contributed by atoms with Gasteiger partial charge in [0.1, 0.15) is 5.15 Å². The summed E-state index contributed by atoms with van der Waals surface area (Å²) in [6, 6.07) is 10.0. The normalized spacial score (nSPS) is 20.6. The molecule has 1 aromatic heterocycles. The molecule has 6 nitrogen and oxygen atoms in total. The third-order valence-electron chi connectivity index (χ3n) is 5.60. The van der Waals surface area contributed by atoms with E-state index in [0.29, 0.717) is 42.1 Å². The highest BCUT2D eigenvalue weighted by Gasteiger charge is 2.29. The lowest BCUT2D eigenvalue weighted by Crippen LogP contribution is -2.50. The topological polar surface area (TPSA) is 50.6 Å². The summed E-state index contributed by atoms with van der Waals surface area (Å²) in [5.74, 6) is -0.0152. The Kier molecular flexibility index (Phi) is 5.99. The van der Waals surface area contributed by atoms with Gasteiger partial charge in [-0.05, 0) is 25.3 Å². The lowest BCUT2D eigenvalue weighted by atomic mass is 10.2. The molecule has 0 saturated carbocycles. The lowest BCUT2D eigenvalue weighted by molar-refractivity contribution is 0.0432. The van der Waals surface area contributed by atoms with E-state index in [1.807, 2.05) is 42.2 Å². The number of hydrogen-bond acceptors (Lipinski definition) is 4. The summed E-state index contributed by atoms with van der Waals surface area (Å²) >= 11 is 6.56. The van der Waals surface area contributed by atoms with Crippen LogP contribution in [0.5, 0.6) is 0 Å². The Morgan fingerprint density at radius 3 is 2.64 bits per heavy atom. The van der Waals surface area contributed by atoms with Crippen LogP contribution in [0.15, 0.2) is 30.3 Å². The van der Waals surface area contributed by atoms with Crippen LogP contribution >= 0.6 is 11.6 Å². The Hall–Kier alpha value is -1.89. The van der Waals surface area contributed by atoms with Gasteiger partial charge in [-0.1, -0.05) is 41.9 Å². The van der Waals surface area contributed by atoms with Crippen LogP contribution in [0.2, 0.25) is 5.15 Å². The molecule has 4 rings (SSSR count). The third-order valence-corrected chi connectivity index (χ3v) is 5.98. The molecule has 7 heteroatoms. The van der Waals surface area contributed by atoms with Gasteiger partial charge < -0.3 is 9.64 Å². The average molecular weight is 403 g/mol. The molecule has 1 atom stereocenters. The maximum atomic E-state index is 13.1. The highest BCUT2D eigenvalue weighted by molar-refractivity contribution is 6.33. The Labute approximate surface area is 171 Å². The summed E-state index contributed by atoms with van der Waals surface area (Å²) in [5.41, 5.74) is 2.33. The minimum atomic E-state index is -0.0152. The summed E-state index contributed by atoms with van der Waals surface area (Å²) in [6.45, 7) is 7.44. The van der Waals surface area contributed by atoms with Crippen molar-refractivity contribution in [3.8, 4) is 0 Å². The minimum Gasteiger partial charge on any atom is -0.377 e. The molecule has 2 aromatic rings. The van der Waals surface area contributed by atoms with Crippen molar-refractivity contribution in [2.75, 3.05) is 39.3 Å². The van der Waals surface area contributed by atoms with Crippen LogP contribution in [0, 0.1) is 6.92 Å². The first-order chi connectivity index (χ1) is 13.6. The van der Waals surface area contributed by atoms with Crippen LogP contribution < -0.4 is 0 Å². The number of nitrogens with zero attached hydrogens (tertiary/aromatic N) is 4. The Balaban J connectivity index is 1.39. The number of halogens is 1.